The highest BCUT2D eigenvalue weighted by molar-refractivity contribution is 9.10. The number of rotatable bonds is 2. The van der Waals surface area contributed by atoms with Crippen molar-refractivity contribution in [2.24, 2.45) is 10.5 Å². The van der Waals surface area contributed by atoms with Crippen molar-refractivity contribution in [3.63, 3.8) is 0 Å². The van der Waals surface area contributed by atoms with Gasteiger partial charge in [-0.2, -0.15) is 5.10 Å². The zero-order valence-corrected chi connectivity index (χ0v) is 14.1. The third-order valence-electron chi connectivity index (χ3n) is 3.74. The Balaban J connectivity index is 1.81. The number of carbonyl (C=O) groups is 1. The summed E-state index contributed by atoms with van der Waals surface area (Å²) in [6.45, 7) is 4.34. The maximum absolute atomic E-state index is 12.2. The molecule has 4 nitrogen and oxygen atoms in total. The van der Waals surface area contributed by atoms with Gasteiger partial charge in [0, 0.05) is 22.0 Å². The fourth-order valence-electron chi connectivity index (χ4n) is 2.66. The van der Waals surface area contributed by atoms with E-state index in [1.54, 1.807) is 18.4 Å². The Morgan fingerprint density at radius 3 is 2.68 bits per heavy atom. The summed E-state index contributed by atoms with van der Waals surface area (Å²) >= 11 is 3.35. The third kappa shape index (κ3) is 3.14. The van der Waals surface area contributed by atoms with Gasteiger partial charge in [-0.3, -0.25) is 4.79 Å². The molecule has 0 saturated carbocycles. The van der Waals surface area contributed by atoms with Crippen LogP contribution in [0.3, 0.4) is 0 Å². The molecule has 0 fully saturated rings. The number of benzene rings is 1. The lowest BCUT2D eigenvalue weighted by Crippen LogP contribution is -2.29. The van der Waals surface area contributed by atoms with E-state index in [-0.39, 0.29) is 11.3 Å². The van der Waals surface area contributed by atoms with Crippen LogP contribution < -0.4 is 5.43 Å². The molecule has 5 heteroatoms. The molecule has 1 aromatic heterocycles. The number of hydrogen-bond acceptors (Lipinski definition) is 3. The Kier molecular flexibility index (Phi) is 3.91. The highest BCUT2D eigenvalue weighted by Crippen LogP contribution is 2.35. The average molecular weight is 361 g/mol. The van der Waals surface area contributed by atoms with E-state index in [1.165, 1.54) is 0 Å². The van der Waals surface area contributed by atoms with E-state index in [9.17, 15) is 4.79 Å². The van der Waals surface area contributed by atoms with Crippen LogP contribution in [0.1, 0.15) is 41.9 Å². The lowest BCUT2D eigenvalue weighted by Gasteiger charge is -2.29. The molecule has 1 aliphatic rings. The van der Waals surface area contributed by atoms with Crippen molar-refractivity contribution in [1.82, 2.24) is 5.43 Å². The van der Waals surface area contributed by atoms with Gasteiger partial charge in [-0.05, 0) is 42.2 Å². The molecule has 1 aromatic carbocycles. The second-order valence-electron chi connectivity index (χ2n) is 6.28. The number of nitrogens with zero attached hydrogens (tertiary/aromatic N) is 1. The monoisotopic (exact) mass is 360 g/mol. The van der Waals surface area contributed by atoms with Crippen molar-refractivity contribution < 1.29 is 9.21 Å². The Morgan fingerprint density at radius 2 is 1.95 bits per heavy atom. The summed E-state index contributed by atoms with van der Waals surface area (Å²) in [6.07, 6.45) is 3.37. The average Bonchev–Trinajstić information content (AvgIpc) is 2.92. The Morgan fingerprint density at radius 1 is 1.23 bits per heavy atom. The molecule has 0 saturated heterocycles. The predicted molar refractivity (Wildman–Crippen MR) is 89.0 cm³/mol. The van der Waals surface area contributed by atoms with Crippen molar-refractivity contribution in [3.8, 4) is 0 Å². The van der Waals surface area contributed by atoms with Gasteiger partial charge in [0.05, 0.1) is 12.0 Å². The van der Waals surface area contributed by atoms with Gasteiger partial charge in [0.1, 0.15) is 5.76 Å². The van der Waals surface area contributed by atoms with E-state index in [2.05, 4.69) is 40.3 Å². The van der Waals surface area contributed by atoms with Gasteiger partial charge in [0.15, 0.2) is 0 Å². The molecule has 1 aliphatic carbocycles. The van der Waals surface area contributed by atoms with Gasteiger partial charge in [0.25, 0.3) is 5.91 Å². The molecule has 3 rings (SSSR count). The number of nitrogens with one attached hydrogen (secondary N) is 1. The second kappa shape index (κ2) is 5.72. The molecule has 0 radical (unpaired) electrons. The normalized spacial score (nSPS) is 18.0. The molecular weight excluding hydrogens is 344 g/mol. The zero-order chi connectivity index (χ0) is 15.7. The number of amides is 1. The summed E-state index contributed by atoms with van der Waals surface area (Å²) in [6, 6.07) is 9.09. The number of furan rings is 1. The molecule has 114 valence electrons. The van der Waals surface area contributed by atoms with Crippen molar-refractivity contribution in [2.45, 2.75) is 26.7 Å². The Bertz CT molecular complexity index is 729. The Labute approximate surface area is 137 Å². The minimum Gasteiger partial charge on any atom is -0.469 e. The van der Waals surface area contributed by atoms with E-state index in [0.717, 1.165) is 34.3 Å². The summed E-state index contributed by atoms with van der Waals surface area (Å²) in [5, 5.41) is 4.34. The number of hydrazone groups is 1. The van der Waals surface area contributed by atoms with E-state index in [4.69, 9.17) is 4.42 Å². The van der Waals surface area contributed by atoms with Gasteiger partial charge in [0.2, 0.25) is 0 Å². The summed E-state index contributed by atoms with van der Waals surface area (Å²) in [5.41, 5.74) is 5.16. The minimum atomic E-state index is -0.214. The topological polar surface area (TPSA) is 54.6 Å². The first-order valence-corrected chi connectivity index (χ1v) is 7.93. The molecule has 22 heavy (non-hydrogen) atoms. The molecule has 1 heterocycles. The first-order chi connectivity index (χ1) is 10.4. The number of hydrogen-bond donors (Lipinski definition) is 1. The summed E-state index contributed by atoms with van der Waals surface area (Å²) in [4.78, 5) is 12.2. The molecule has 1 amide bonds. The first-order valence-electron chi connectivity index (χ1n) is 7.14. The highest BCUT2D eigenvalue weighted by atomic mass is 79.9. The fraction of sp³-hybridized carbons (Fsp3) is 0.294. The first kappa shape index (κ1) is 15.0. The molecule has 0 spiro atoms. The molecule has 2 aromatic rings. The molecule has 1 N–H and O–H groups in total. The van der Waals surface area contributed by atoms with Crippen molar-refractivity contribution >= 4 is 27.5 Å². The maximum atomic E-state index is 12.2. The summed E-state index contributed by atoms with van der Waals surface area (Å²) < 4.78 is 6.47. The van der Waals surface area contributed by atoms with Crippen LogP contribution >= 0.6 is 15.9 Å². The number of carbonyl (C=O) groups excluding carboxylic acids is 1. The quantitative estimate of drug-likeness (QED) is 0.817. The number of fused-ring (bicyclic) bond motifs is 1. The minimum absolute atomic E-state index is 0.0754. The van der Waals surface area contributed by atoms with Gasteiger partial charge in [-0.25, -0.2) is 5.43 Å². The van der Waals surface area contributed by atoms with Crippen LogP contribution in [0, 0.1) is 5.41 Å². The van der Waals surface area contributed by atoms with Crippen LogP contribution in [-0.2, 0) is 6.42 Å². The van der Waals surface area contributed by atoms with Crippen LogP contribution in [-0.4, -0.2) is 11.6 Å². The second-order valence-corrected chi connectivity index (χ2v) is 7.20. The molecular formula is C17H17BrN2O2. The van der Waals surface area contributed by atoms with Gasteiger partial charge >= 0.3 is 0 Å². The van der Waals surface area contributed by atoms with Crippen LogP contribution in [0.4, 0.5) is 0 Å². The molecule has 0 unspecified atom stereocenters. The van der Waals surface area contributed by atoms with Crippen LogP contribution in [0.2, 0.25) is 0 Å². The predicted octanol–water partition coefficient (Wildman–Crippen LogP) is 4.15. The standard InChI is InChI=1S/C17H17BrN2O2/c1-17(2)9-14(13-7-8-22-15(13)10-17)19-20-16(21)11-3-5-12(18)6-4-11/h3-8H,9-10H2,1-2H3,(H,20,21). The molecule has 0 bridgehead atoms. The zero-order valence-electron chi connectivity index (χ0n) is 12.5. The van der Waals surface area contributed by atoms with Crippen LogP contribution in [0.15, 0.2) is 50.6 Å². The van der Waals surface area contributed by atoms with E-state index >= 15 is 0 Å². The van der Waals surface area contributed by atoms with Crippen LogP contribution in [0.25, 0.3) is 0 Å². The largest absolute Gasteiger partial charge is 0.469 e. The van der Waals surface area contributed by atoms with Gasteiger partial charge in [-0.1, -0.05) is 29.8 Å². The lowest BCUT2D eigenvalue weighted by atomic mass is 9.76. The number of halogens is 1. The summed E-state index contributed by atoms with van der Waals surface area (Å²) in [5.74, 6) is 0.723. The lowest BCUT2D eigenvalue weighted by molar-refractivity contribution is 0.0954. The highest BCUT2D eigenvalue weighted by Gasteiger charge is 2.31. The van der Waals surface area contributed by atoms with Gasteiger partial charge < -0.3 is 4.42 Å². The van der Waals surface area contributed by atoms with Crippen molar-refractivity contribution in [1.29, 1.82) is 0 Å². The van der Waals surface area contributed by atoms with Crippen molar-refractivity contribution in [2.75, 3.05) is 0 Å². The van der Waals surface area contributed by atoms with Crippen LogP contribution in [0.5, 0.6) is 0 Å². The SMILES string of the molecule is CC1(C)CC(=NNC(=O)c2ccc(Br)cc2)c2ccoc2C1. The molecule has 0 aliphatic heterocycles. The maximum Gasteiger partial charge on any atom is 0.271 e. The third-order valence-corrected chi connectivity index (χ3v) is 4.27. The van der Waals surface area contributed by atoms with E-state index in [0.29, 0.717) is 5.56 Å². The van der Waals surface area contributed by atoms with E-state index in [1.807, 2.05) is 18.2 Å². The molecule has 0 atom stereocenters. The van der Waals surface area contributed by atoms with Gasteiger partial charge in [-0.15, -0.1) is 0 Å². The van der Waals surface area contributed by atoms with E-state index < -0.39 is 0 Å². The Hall–Kier alpha value is -1.88. The fourth-order valence-corrected chi connectivity index (χ4v) is 2.93. The van der Waals surface area contributed by atoms with Crippen molar-refractivity contribution in [3.05, 3.63) is 58.0 Å². The summed E-state index contributed by atoms with van der Waals surface area (Å²) in [7, 11) is 0. The smallest absolute Gasteiger partial charge is 0.271 e.